The van der Waals surface area contributed by atoms with Gasteiger partial charge in [0, 0.05) is 7.11 Å². The zero-order valence-electron chi connectivity index (χ0n) is 7.04. The highest BCUT2D eigenvalue weighted by atomic mass is 16.5. The molecule has 1 atom stereocenters. The van der Waals surface area contributed by atoms with Crippen molar-refractivity contribution in [3.8, 4) is 0 Å². The molecule has 1 saturated carbocycles. The van der Waals surface area contributed by atoms with E-state index >= 15 is 0 Å². The summed E-state index contributed by atoms with van der Waals surface area (Å²) in [6, 6.07) is 0. The predicted molar refractivity (Wildman–Crippen MR) is 44.0 cm³/mol. The summed E-state index contributed by atoms with van der Waals surface area (Å²) < 4.78 is 5.26. The number of nitrogens with one attached hydrogen (secondary N) is 1. The topological polar surface area (TPSA) is 50.7 Å². The maximum atomic E-state index is 10.8. The molecule has 0 radical (unpaired) electrons. The quantitative estimate of drug-likeness (QED) is 0.641. The van der Waals surface area contributed by atoms with Crippen molar-refractivity contribution >= 4 is 11.7 Å². The van der Waals surface area contributed by atoms with Gasteiger partial charge in [-0.25, -0.2) is 0 Å². The molecule has 1 aliphatic carbocycles. The van der Waals surface area contributed by atoms with E-state index in [1.165, 1.54) is 12.8 Å². The van der Waals surface area contributed by atoms with Crippen molar-refractivity contribution in [1.82, 2.24) is 5.32 Å². The van der Waals surface area contributed by atoms with E-state index < -0.39 is 0 Å². The van der Waals surface area contributed by atoms with Gasteiger partial charge in [0.25, 0.3) is 0 Å². The number of ether oxygens (including phenoxy) is 1. The molecule has 1 heterocycles. The van der Waals surface area contributed by atoms with Gasteiger partial charge in [0.2, 0.25) is 5.91 Å². The molecule has 66 valence electrons. The Balaban J connectivity index is 2.01. The Bertz CT molecular complexity index is 233. The van der Waals surface area contributed by atoms with Crippen LogP contribution in [0.3, 0.4) is 0 Å². The summed E-state index contributed by atoms with van der Waals surface area (Å²) in [4.78, 5) is 14.9. The van der Waals surface area contributed by atoms with E-state index in [2.05, 4.69) is 10.3 Å². The lowest BCUT2D eigenvalue weighted by atomic mass is 10.2. The summed E-state index contributed by atoms with van der Waals surface area (Å²) in [5.41, 5.74) is 0. The molecular formula is C8H12N2O2. The lowest BCUT2D eigenvalue weighted by Gasteiger charge is -2.13. The molecule has 1 unspecified atom stereocenters. The zero-order chi connectivity index (χ0) is 8.55. The maximum Gasteiger partial charge on any atom is 0.247 e. The van der Waals surface area contributed by atoms with Crippen LogP contribution in [-0.2, 0) is 9.53 Å². The van der Waals surface area contributed by atoms with Crippen molar-refractivity contribution in [2.45, 2.75) is 18.9 Å². The Morgan fingerprint density at radius 2 is 2.42 bits per heavy atom. The van der Waals surface area contributed by atoms with Crippen molar-refractivity contribution < 1.29 is 9.53 Å². The van der Waals surface area contributed by atoms with E-state index in [9.17, 15) is 4.79 Å². The Morgan fingerprint density at radius 3 is 2.83 bits per heavy atom. The summed E-state index contributed by atoms with van der Waals surface area (Å²) in [6.45, 7) is 0.266. The van der Waals surface area contributed by atoms with E-state index in [1.807, 2.05) is 0 Å². The summed E-state index contributed by atoms with van der Waals surface area (Å²) in [5, 5.41) is 2.71. The first kappa shape index (κ1) is 7.73. The first-order chi connectivity index (χ1) is 5.81. The average molecular weight is 168 g/mol. The highest BCUT2D eigenvalue weighted by Gasteiger charge is 2.36. The molecule has 1 N–H and O–H groups in total. The fraction of sp³-hybridized carbons (Fsp3) is 0.750. The number of nitrogens with zero attached hydrogens (tertiary/aromatic N) is 1. The van der Waals surface area contributed by atoms with E-state index in [0.717, 1.165) is 5.84 Å². The highest BCUT2D eigenvalue weighted by molar-refractivity contribution is 6.06. The van der Waals surface area contributed by atoms with Crippen LogP contribution in [0.15, 0.2) is 4.99 Å². The van der Waals surface area contributed by atoms with Crippen LogP contribution in [0.25, 0.3) is 0 Å². The number of carbonyl (C=O) groups is 1. The van der Waals surface area contributed by atoms with E-state index in [4.69, 9.17) is 4.74 Å². The first-order valence-corrected chi connectivity index (χ1v) is 4.18. The van der Waals surface area contributed by atoms with Crippen LogP contribution in [0.2, 0.25) is 0 Å². The minimum Gasteiger partial charge on any atom is -0.373 e. The second kappa shape index (κ2) is 2.86. The number of rotatable bonds is 3. The maximum absolute atomic E-state index is 10.8. The molecule has 12 heavy (non-hydrogen) atoms. The van der Waals surface area contributed by atoms with Crippen molar-refractivity contribution in [3.63, 3.8) is 0 Å². The van der Waals surface area contributed by atoms with Gasteiger partial charge in [-0.05, 0) is 18.8 Å². The average Bonchev–Trinajstić information content (AvgIpc) is 2.78. The SMILES string of the molecule is COC(C1=NCC(=O)N1)C1CC1. The van der Waals surface area contributed by atoms with Crippen LogP contribution in [0.1, 0.15) is 12.8 Å². The zero-order valence-corrected chi connectivity index (χ0v) is 7.04. The van der Waals surface area contributed by atoms with Gasteiger partial charge in [0.1, 0.15) is 18.5 Å². The van der Waals surface area contributed by atoms with E-state index in [0.29, 0.717) is 5.92 Å². The van der Waals surface area contributed by atoms with Crippen molar-refractivity contribution in [2.75, 3.05) is 13.7 Å². The van der Waals surface area contributed by atoms with Gasteiger partial charge in [0.05, 0.1) is 0 Å². The molecule has 0 aromatic heterocycles. The molecule has 0 aromatic carbocycles. The summed E-state index contributed by atoms with van der Waals surface area (Å²) in [7, 11) is 1.66. The predicted octanol–water partition coefficient (Wildman–Crippen LogP) is -0.0603. The molecule has 1 aliphatic heterocycles. The number of hydrogen-bond donors (Lipinski definition) is 1. The van der Waals surface area contributed by atoms with Crippen LogP contribution in [0.5, 0.6) is 0 Å². The third kappa shape index (κ3) is 1.34. The second-order valence-electron chi connectivity index (χ2n) is 3.24. The van der Waals surface area contributed by atoms with Crippen LogP contribution in [-0.4, -0.2) is 31.5 Å². The molecular weight excluding hydrogens is 156 g/mol. The highest BCUT2D eigenvalue weighted by Crippen LogP contribution is 2.34. The van der Waals surface area contributed by atoms with Gasteiger partial charge < -0.3 is 10.1 Å². The van der Waals surface area contributed by atoms with Gasteiger partial charge in [0.15, 0.2) is 0 Å². The van der Waals surface area contributed by atoms with E-state index in [1.54, 1.807) is 7.11 Å². The molecule has 2 rings (SSSR count). The number of amidine groups is 1. The van der Waals surface area contributed by atoms with Gasteiger partial charge in [-0.3, -0.25) is 9.79 Å². The van der Waals surface area contributed by atoms with E-state index in [-0.39, 0.29) is 18.6 Å². The van der Waals surface area contributed by atoms with Crippen LogP contribution >= 0.6 is 0 Å². The third-order valence-corrected chi connectivity index (χ3v) is 2.23. The Kier molecular flexibility index (Phi) is 1.84. The van der Waals surface area contributed by atoms with Crippen LogP contribution < -0.4 is 5.32 Å². The molecule has 1 fully saturated rings. The fourth-order valence-corrected chi connectivity index (χ4v) is 1.47. The van der Waals surface area contributed by atoms with Gasteiger partial charge in [-0.15, -0.1) is 0 Å². The van der Waals surface area contributed by atoms with Crippen LogP contribution in [0.4, 0.5) is 0 Å². The minimum absolute atomic E-state index is 0.0206. The number of hydrogen-bond acceptors (Lipinski definition) is 3. The first-order valence-electron chi connectivity index (χ1n) is 4.18. The van der Waals surface area contributed by atoms with Gasteiger partial charge in [-0.1, -0.05) is 0 Å². The number of methoxy groups -OCH3 is 1. The molecule has 1 amide bonds. The number of amides is 1. The summed E-state index contributed by atoms with van der Waals surface area (Å²) >= 11 is 0. The summed E-state index contributed by atoms with van der Waals surface area (Å²) in [5.74, 6) is 1.28. The molecule has 0 spiro atoms. The molecule has 0 aromatic rings. The van der Waals surface area contributed by atoms with Gasteiger partial charge >= 0.3 is 0 Å². The Morgan fingerprint density at radius 1 is 1.67 bits per heavy atom. The lowest BCUT2D eigenvalue weighted by Crippen LogP contribution is -2.36. The number of aliphatic imine (C=N–C) groups is 1. The molecule has 4 heteroatoms. The molecule has 2 aliphatic rings. The largest absolute Gasteiger partial charge is 0.373 e. The van der Waals surface area contributed by atoms with Gasteiger partial charge in [-0.2, -0.15) is 0 Å². The van der Waals surface area contributed by atoms with Crippen molar-refractivity contribution in [3.05, 3.63) is 0 Å². The monoisotopic (exact) mass is 168 g/mol. The summed E-state index contributed by atoms with van der Waals surface area (Å²) in [6.07, 6.45) is 2.40. The second-order valence-corrected chi connectivity index (χ2v) is 3.24. The molecule has 0 bridgehead atoms. The van der Waals surface area contributed by atoms with Crippen LogP contribution in [0, 0.1) is 5.92 Å². The normalized spacial score (nSPS) is 25.1. The van der Waals surface area contributed by atoms with Crippen molar-refractivity contribution in [1.29, 1.82) is 0 Å². The minimum atomic E-state index is -0.0206. The Labute approximate surface area is 71.0 Å². The lowest BCUT2D eigenvalue weighted by molar-refractivity contribution is -0.117. The number of carbonyl (C=O) groups excluding carboxylic acids is 1. The van der Waals surface area contributed by atoms with Crippen molar-refractivity contribution in [2.24, 2.45) is 10.9 Å². The fourth-order valence-electron chi connectivity index (χ4n) is 1.47. The Hall–Kier alpha value is -0.900. The third-order valence-electron chi connectivity index (χ3n) is 2.23. The standard InChI is InChI=1S/C8H12N2O2/c1-12-7(5-2-3-5)8-9-4-6(11)10-8/h5,7H,2-4H2,1H3,(H,9,10,11). The molecule has 0 saturated heterocycles. The smallest absolute Gasteiger partial charge is 0.247 e. The molecule has 4 nitrogen and oxygen atoms in total.